The molecule has 0 radical (unpaired) electrons. The molecule has 1 amide bonds. The highest BCUT2D eigenvalue weighted by molar-refractivity contribution is 6.10. The number of amides is 1. The van der Waals surface area contributed by atoms with E-state index in [1.54, 1.807) is 24.5 Å². The van der Waals surface area contributed by atoms with Crippen LogP contribution in [0.15, 0.2) is 52.9 Å². The number of aliphatic carboxylic acids is 1. The summed E-state index contributed by atoms with van der Waals surface area (Å²) in [5.41, 5.74) is 3.64. The molecule has 4 rings (SSSR count). The summed E-state index contributed by atoms with van der Waals surface area (Å²) in [4.78, 5) is 31.5. The van der Waals surface area contributed by atoms with Crippen molar-refractivity contribution in [2.75, 3.05) is 5.32 Å². The highest BCUT2D eigenvalue weighted by atomic mass is 16.4. The second-order valence-electron chi connectivity index (χ2n) is 8.43. The first kappa shape index (κ1) is 22.7. The number of aromatic nitrogens is 2. The zero-order valence-electron chi connectivity index (χ0n) is 18.2. The van der Waals surface area contributed by atoms with Crippen LogP contribution in [-0.4, -0.2) is 49.6 Å². The predicted octanol–water partition coefficient (Wildman–Crippen LogP) is 3.04. The number of fused-ring (bicyclic) bond motifs is 1. The van der Waals surface area contributed by atoms with Crippen molar-refractivity contribution in [3.63, 3.8) is 0 Å². The van der Waals surface area contributed by atoms with E-state index < -0.39 is 5.97 Å². The minimum Gasteiger partial charge on any atom is -0.481 e. The first-order chi connectivity index (χ1) is 16.0. The third-order valence-electron chi connectivity index (χ3n) is 6.12. The number of rotatable bonds is 6. The van der Waals surface area contributed by atoms with Gasteiger partial charge in [0.1, 0.15) is 0 Å². The second kappa shape index (κ2) is 10.4. The maximum absolute atomic E-state index is 11.9. The first-order valence-electron chi connectivity index (χ1n) is 11.2. The molecule has 1 aliphatic carbocycles. The summed E-state index contributed by atoms with van der Waals surface area (Å²) in [7, 11) is 0. The Hall–Kier alpha value is -3.46. The number of hydrogen-bond donors (Lipinski definition) is 3. The summed E-state index contributed by atoms with van der Waals surface area (Å²) in [6.07, 6.45) is 6.68. The molecule has 1 saturated carbocycles. The van der Waals surface area contributed by atoms with Crippen LogP contribution in [-0.2, 0) is 9.59 Å². The quantitative estimate of drug-likeness (QED) is 0.620. The van der Waals surface area contributed by atoms with Gasteiger partial charge in [-0.05, 0) is 49.9 Å². The van der Waals surface area contributed by atoms with Gasteiger partial charge in [0.2, 0.25) is 5.91 Å². The molecule has 2 aromatic heterocycles. The lowest BCUT2D eigenvalue weighted by atomic mass is 9.74. The van der Waals surface area contributed by atoms with E-state index in [4.69, 9.17) is 5.11 Å². The van der Waals surface area contributed by atoms with Gasteiger partial charge in [0, 0.05) is 24.5 Å². The zero-order valence-corrected chi connectivity index (χ0v) is 18.2. The van der Waals surface area contributed by atoms with E-state index in [2.05, 4.69) is 25.5 Å². The molecule has 1 fully saturated rings. The van der Waals surface area contributed by atoms with Crippen molar-refractivity contribution >= 4 is 29.0 Å². The van der Waals surface area contributed by atoms with E-state index >= 15 is 0 Å². The van der Waals surface area contributed by atoms with Gasteiger partial charge in [-0.1, -0.05) is 12.5 Å². The second-order valence-corrected chi connectivity index (χ2v) is 8.43. The van der Waals surface area contributed by atoms with Gasteiger partial charge in [0.25, 0.3) is 0 Å². The third kappa shape index (κ3) is 5.67. The Labute approximate surface area is 191 Å². The van der Waals surface area contributed by atoms with Crippen molar-refractivity contribution in [2.24, 2.45) is 22.0 Å². The number of anilines is 1. The van der Waals surface area contributed by atoms with Crippen LogP contribution in [0.2, 0.25) is 0 Å². The van der Waals surface area contributed by atoms with Crippen LogP contribution in [0.25, 0.3) is 0 Å². The van der Waals surface area contributed by atoms with Gasteiger partial charge < -0.3 is 15.5 Å². The minimum atomic E-state index is -1.02. The van der Waals surface area contributed by atoms with Crippen LogP contribution < -0.4 is 5.32 Å². The van der Waals surface area contributed by atoms with Gasteiger partial charge >= 0.3 is 5.97 Å². The fourth-order valence-electron chi connectivity index (χ4n) is 4.46. The van der Waals surface area contributed by atoms with Crippen LogP contribution >= 0.6 is 0 Å². The van der Waals surface area contributed by atoms with Gasteiger partial charge in [-0.3, -0.25) is 19.6 Å². The Morgan fingerprint density at radius 2 is 1.67 bits per heavy atom. The average molecular weight is 450 g/mol. The van der Waals surface area contributed by atoms with Gasteiger partial charge in [-0.2, -0.15) is 10.2 Å². The van der Waals surface area contributed by atoms with E-state index in [-0.39, 0.29) is 36.7 Å². The summed E-state index contributed by atoms with van der Waals surface area (Å²) in [6.45, 7) is 0. The van der Waals surface area contributed by atoms with Gasteiger partial charge in [0.05, 0.1) is 47.2 Å². The van der Waals surface area contributed by atoms with Crippen LogP contribution in [0.4, 0.5) is 5.69 Å². The smallest absolute Gasteiger partial charge is 0.303 e. The van der Waals surface area contributed by atoms with Crippen molar-refractivity contribution in [1.29, 1.82) is 0 Å². The first-order valence-corrected chi connectivity index (χ1v) is 11.2. The Bertz CT molecular complexity index is 1050. The molecule has 1 aliphatic heterocycles. The molecule has 2 aromatic rings. The molecule has 0 saturated heterocycles. The van der Waals surface area contributed by atoms with Crippen LogP contribution in [0.5, 0.6) is 0 Å². The van der Waals surface area contributed by atoms with Crippen LogP contribution in [0.3, 0.4) is 0 Å². The average Bonchev–Trinajstić information content (AvgIpc) is 2.81. The fourth-order valence-corrected chi connectivity index (χ4v) is 4.46. The lowest BCUT2D eigenvalue weighted by Gasteiger charge is -2.33. The highest BCUT2D eigenvalue weighted by Gasteiger charge is 2.37. The number of hydrogen-bond acceptors (Lipinski definition) is 7. The minimum absolute atomic E-state index is 0.0537. The van der Waals surface area contributed by atoms with Crippen molar-refractivity contribution in [3.8, 4) is 0 Å². The summed E-state index contributed by atoms with van der Waals surface area (Å²) >= 11 is 0. The van der Waals surface area contributed by atoms with Gasteiger partial charge in [-0.25, -0.2) is 0 Å². The number of carbonyl (C=O) groups is 2. The number of aliphatic hydroxyl groups excluding tert-OH is 1. The van der Waals surface area contributed by atoms with Crippen molar-refractivity contribution in [2.45, 2.75) is 51.0 Å². The SMILES string of the molecule is O=C(O)CCC(=O)Nc1ccc(C2=NN=C(c3ccccn3)C3CCC[C@H](O)CCC23)nc1. The number of nitrogens with zero attached hydrogens (tertiary/aromatic N) is 4. The van der Waals surface area contributed by atoms with Crippen LogP contribution in [0, 0.1) is 11.8 Å². The lowest BCUT2D eigenvalue weighted by Crippen LogP contribution is -2.36. The largest absolute Gasteiger partial charge is 0.481 e. The molecule has 0 bridgehead atoms. The molecule has 3 N–H and O–H groups in total. The summed E-state index contributed by atoms with van der Waals surface area (Å²) in [5.74, 6) is -1.20. The molecule has 2 aliphatic rings. The van der Waals surface area contributed by atoms with E-state index in [9.17, 15) is 14.7 Å². The third-order valence-corrected chi connectivity index (χ3v) is 6.12. The number of nitrogens with one attached hydrogen (secondary N) is 1. The molecule has 0 aromatic carbocycles. The predicted molar refractivity (Wildman–Crippen MR) is 123 cm³/mol. The van der Waals surface area contributed by atoms with Gasteiger partial charge in [0.15, 0.2) is 0 Å². The highest BCUT2D eigenvalue weighted by Crippen LogP contribution is 2.36. The Morgan fingerprint density at radius 1 is 0.909 bits per heavy atom. The molecule has 172 valence electrons. The molecule has 3 heterocycles. The molecular weight excluding hydrogens is 422 g/mol. The zero-order chi connectivity index (χ0) is 23.2. The normalized spacial score (nSPS) is 22.8. The Kier molecular flexibility index (Phi) is 7.19. The van der Waals surface area contributed by atoms with E-state index in [0.29, 0.717) is 17.8 Å². The Morgan fingerprint density at radius 3 is 2.33 bits per heavy atom. The molecular formula is C24H27N5O4. The lowest BCUT2D eigenvalue weighted by molar-refractivity contribution is -0.138. The number of carboxylic acid groups (broad SMARTS) is 1. The summed E-state index contributed by atoms with van der Waals surface area (Å²) in [6, 6.07) is 9.29. The van der Waals surface area contributed by atoms with Crippen molar-refractivity contribution in [3.05, 3.63) is 54.1 Å². The molecule has 3 atom stereocenters. The molecule has 9 nitrogen and oxygen atoms in total. The standard InChI is InChI=1S/C24H27N5O4/c30-16-4-3-5-17-18(9-8-16)24(29-28-23(17)19-6-1-2-13-25-19)20-10-7-15(14-26-20)27-21(31)11-12-22(32)33/h1-2,6-7,10,13-14,16-18,30H,3-5,8-9,11-12H2,(H,27,31)(H,32,33)/t16-,17?,18?/m0/s1. The maximum atomic E-state index is 11.9. The number of aliphatic hydroxyl groups is 1. The number of carbonyl (C=O) groups excluding carboxylic acids is 1. The molecule has 2 unspecified atom stereocenters. The van der Waals surface area contributed by atoms with Crippen molar-refractivity contribution < 1.29 is 19.8 Å². The van der Waals surface area contributed by atoms with Crippen molar-refractivity contribution in [1.82, 2.24) is 9.97 Å². The van der Waals surface area contributed by atoms with E-state index in [0.717, 1.165) is 42.8 Å². The maximum Gasteiger partial charge on any atom is 0.303 e. The molecule has 9 heteroatoms. The van der Waals surface area contributed by atoms with Gasteiger partial charge in [-0.15, -0.1) is 0 Å². The number of carboxylic acids is 1. The number of pyridine rings is 2. The van der Waals surface area contributed by atoms with E-state index in [1.807, 2.05) is 18.2 Å². The molecule has 33 heavy (non-hydrogen) atoms. The fraction of sp³-hybridized carbons (Fsp3) is 0.417. The molecule has 0 spiro atoms. The summed E-state index contributed by atoms with van der Waals surface area (Å²) in [5, 5.41) is 30.7. The van der Waals surface area contributed by atoms with E-state index in [1.165, 1.54) is 0 Å². The topological polar surface area (TPSA) is 137 Å². The Balaban J connectivity index is 1.58. The van der Waals surface area contributed by atoms with Crippen LogP contribution in [0.1, 0.15) is 56.3 Å². The summed E-state index contributed by atoms with van der Waals surface area (Å²) < 4.78 is 0. The monoisotopic (exact) mass is 449 g/mol.